The maximum Gasteiger partial charge on any atom is 0.160 e. The van der Waals surface area contributed by atoms with E-state index in [1.54, 1.807) is 24.3 Å². The van der Waals surface area contributed by atoms with Crippen LogP contribution >= 0.6 is 0 Å². The molecule has 0 unspecified atom stereocenters. The number of nitrogens with zero attached hydrogens (tertiary/aromatic N) is 2. The molecule has 1 aromatic heterocycles. The van der Waals surface area contributed by atoms with E-state index in [-0.39, 0.29) is 5.75 Å². The Morgan fingerprint density at radius 3 is 2.32 bits per heavy atom. The van der Waals surface area contributed by atoms with E-state index in [9.17, 15) is 5.11 Å². The van der Waals surface area contributed by atoms with Crippen molar-refractivity contribution in [3.05, 3.63) is 54.2 Å². The normalized spacial score (nSPS) is 10.6. The number of phenols is 1. The van der Waals surface area contributed by atoms with Gasteiger partial charge in [0.15, 0.2) is 5.82 Å². The van der Waals surface area contributed by atoms with E-state index in [1.807, 2.05) is 31.2 Å². The topological polar surface area (TPSA) is 58.0 Å². The highest BCUT2D eigenvalue weighted by atomic mass is 16.3. The molecule has 4 nitrogen and oxygen atoms in total. The molecule has 3 rings (SSSR count). The third kappa shape index (κ3) is 2.20. The molecule has 19 heavy (non-hydrogen) atoms. The Balaban J connectivity index is 2.06. The second kappa shape index (κ2) is 4.57. The summed E-state index contributed by atoms with van der Waals surface area (Å²) in [6, 6.07) is 14.9. The van der Waals surface area contributed by atoms with Gasteiger partial charge in [-0.3, -0.25) is 0 Å². The number of aryl methyl sites for hydroxylation is 1. The van der Waals surface area contributed by atoms with Crippen molar-refractivity contribution >= 4 is 22.3 Å². The molecule has 0 amide bonds. The quantitative estimate of drug-likeness (QED) is 0.685. The number of anilines is 2. The Morgan fingerprint density at radius 2 is 1.58 bits per heavy atom. The molecule has 0 saturated heterocycles. The Morgan fingerprint density at radius 1 is 0.895 bits per heavy atom. The van der Waals surface area contributed by atoms with Crippen molar-refractivity contribution in [2.75, 3.05) is 5.32 Å². The minimum atomic E-state index is 0.241. The van der Waals surface area contributed by atoms with Crippen LogP contribution in [0.25, 0.3) is 10.8 Å². The molecule has 1 heterocycles. The van der Waals surface area contributed by atoms with Crippen molar-refractivity contribution in [3.8, 4) is 5.75 Å². The first-order chi connectivity index (χ1) is 9.24. The second-order valence-corrected chi connectivity index (χ2v) is 4.35. The minimum Gasteiger partial charge on any atom is -0.508 e. The standard InChI is InChI=1S/C15H13N3O/c1-10-13-4-2-3-5-14(13)15(18-17-10)16-11-6-8-12(19)9-7-11/h2-9,19H,1H3,(H,16,18). The highest BCUT2D eigenvalue weighted by molar-refractivity contribution is 5.94. The minimum absolute atomic E-state index is 0.241. The van der Waals surface area contributed by atoms with E-state index >= 15 is 0 Å². The lowest BCUT2D eigenvalue weighted by Crippen LogP contribution is -1.98. The predicted octanol–water partition coefficient (Wildman–Crippen LogP) is 3.39. The highest BCUT2D eigenvalue weighted by Gasteiger charge is 2.06. The number of fused-ring (bicyclic) bond motifs is 1. The fourth-order valence-corrected chi connectivity index (χ4v) is 2.01. The first kappa shape index (κ1) is 11.5. The number of aromatic hydroxyl groups is 1. The Labute approximate surface area is 110 Å². The van der Waals surface area contributed by atoms with Gasteiger partial charge in [0.1, 0.15) is 5.75 Å². The van der Waals surface area contributed by atoms with Crippen LogP contribution in [0.5, 0.6) is 5.75 Å². The smallest absolute Gasteiger partial charge is 0.160 e. The third-order valence-electron chi connectivity index (χ3n) is 3.00. The summed E-state index contributed by atoms with van der Waals surface area (Å²) in [6.07, 6.45) is 0. The zero-order valence-electron chi connectivity index (χ0n) is 10.5. The van der Waals surface area contributed by atoms with Crippen LogP contribution in [0.1, 0.15) is 5.69 Å². The fraction of sp³-hybridized carbons (Fsp3) is 0.0667. The molecule has 4 heteroatoms. The zero-order valence-corrected chi connectivity index (χ0v) is 10.5. The molecule has 2 N–H and O–H groups in total. The molecule has 0 radical (unpaired) electrons. The van der Waals surface area contributed by atoms with E-state index in [1.165, 1.54) is 0 Å². The number of nitrogens with one attached hydrogen (secondary N) is 1. The number of hydrogen-bond acceptors (Lipinski definition) is 4. The number of hydrogen-bond donors (Lipinski definition) is 2. The molecule has 2 aromatic carbocycles. The van der Waals surface area contributed by atoms with Gasteiger partial charge < -0.3 is 10.4 Å². The lowest BCUT2D eigenvalue weighted by atomic mass is 10.1. The van der Waals surface area contributed by atoms with Gasteiger partial charge in [-0.1, -0.05) is 24.3 Å². The number of benzene rings is 2. The molecule has 0 saturated carbocycles. The number of aromatic nitrogens is 2. The van der Waals surface area contributed by atoms with Crippen LogP contribution in [0, 0.1) is 6.92 Å². The van der Waals surface area contributed by atoms with Gasteiger partial charge >= 0.3 is 0 Å². The van der Waals surface area contributed by atoms with Gasteiger partial charge in [0.25, 0.3) is 0 Å². The summed E-state index contributed by atoms with van der Waals surface area (Å²) in [5.41, 5.74) is 1.77. The Bertz CT molecular complexity index is 723. The maximum absolute atomic E-state index is 9.28. The highest BCUT2D eigenvalue weighted by Crippen LogP contribution is 2.25. The monoisotopic (exact) mass is 251 g/mol. The third-order valence-corrected chi connectivity index (χ3v) is 3.00. The molecule has 3 aromatic rings. The van der Waals surface area contributed by atoms with Gasteiger partial charge in [0.05, 0.1) is 5.69 Å². The van der Waals surface area contributed by atoms with Crippen LogP contribution in [-0.2, 0) is 0 Å². The summed E-state index contributed by atoms with van der Waals surface area (Å²) in [4.78, 5) is 0. The van der Waals surface area contributed by atoms with E-state index in [2.05, 4.69) is 15.5 Å². The summed E-state index contributed by atoms with van der Waals surface area (Å²) >= 11 is 0. The number of phenolic OH excluding ortho intramolecular Hbond substituents is 1. The summed E-state index contributed by atoms with van der Waals surface area (Å²) < 4.78 is 0. The van der Waals surface area contributed by atoms with Crippen molar-refractivity contribution in [1.29, 1.82) is 0 Å². The first-order valence-electron chi connectivity index (χ1n) is 6.02. The molecule has 0 spiro atoms. The van der Waals surface area contributed by atoms with Gasteiger partial charge in [-0.25, -0.2) is 0 Å². The lowest BCUT2D eigenvalue weighted by Gasteiger charge is -2.09. The van der Waals surface area contributed by atoms with Crippen molar-refractivity contribution in [1.82, 2.24) is 10.2 Å². The SMILES string of the molecule is Cc1nnc(Nc2ccc(O)cc2)c2ccccc12. The van der Waals surface area contributed by atoms with Crippen LogP contribution in [0.4, 0.5) is 11.5 Å². The predicted molar refractivity (Wildman–Crippen MR) is 75.7 cm³/mol. The molecule has 0 bridgehead atoms. The lowest BCUT2D eigenvalue weighted by molar-refractivity contribution is 0.475. The van der Waals surface area contributed by atoms with E-state index in [4.69, 9.17) is 0 Å². The van der Waals surface area contributed by atoms with Crippen LogP contribution in [0.2, 0.25) is 0 Å². The van der Waals surface area contributed by atoms with E-state index in [0.717, 1.165) is 22.2 Å². The molecule has 0 fully saturated rings. The Hall–Kier alpha value is -2.62. The molecular formula is C15H13N3O. The molecular weight excluding hydrogens is 238 g/mol. The first-order valence-corrected chi connectivity index (χ1v) is 6.02. The molecule has 0 aliphatic heterocycles. The molecule has 0 atom stereocenters. The Kier molecular flexibility index (Phi) is 2.76. The second-order valence-electron chi connectivity index (χ2n) is 4.35. The van der Waals surface area contributed by atoms with Crippen molar-refractivity contribution in [3.63, 3.8) is 0 Å². The van der Waals surface area contributed by atoms with Gasteiger partial charge in [0.2, 0.25) is 0 Å². The van der Waals surface area contributed by atoms with Crippen LogP contribution in [0.15, 0.2) is 48.5 Å². The van der Waals surface area contributed by atoms with Gasteiger partial charge in [-0.15, -0.1) is 5.10 Å². The maximum atomic E-state index is 9.28. The van der Waals surface area contributed by atoms with Crippen molar-refractivity contribution in [2.24, 2.45) is 0 Å². The van der Waals surface area contributed by atoms with Gasteiger partial charge in [-0.2, -0.15) is 5.10 Å². The average Bonchev–Trinajstić information content (AvgIpc) is 2.45. The van der Waals surface area contributed by atoms with Crippen LogP contribution in [0.3, 0.4) is 0 Å². The van der Waals surface area contributed by atoms with Gasteiger partial charge in [-0.05, 0) is 31.2 Å². The van der Waals surface area contributed by atoms with Crippen LogP contribution in [-0.4, -0.2) is 15.3 Å². The zero-order chi connectivity index (χ0) is 13.2. The fourth-order valence-electron chi connectivity index (χ4n) is 2.01. The van der Waals surface area contributed by atoms with Crippen LogP contribution < -0.4 is 5.32 Å². The molecule has 0 aliphatic carbocycles. The summed E-state index contributed by atoms with van der Waals surface area (Å²) in [5, 5.41) is 23.0. The van der Waals surface area contributed by atoms with Crippen molar-refractivity contribution in [2.45, 2.75) is 6.92 Å². The summed E-state index contributed by atoms with van der Waals surface area (Å²) in [6.45, 7) is 1.94. The van der Waals surface area contributed by atoms with E-state index in [0.29, 0.717) is 5.82 Å². The number of rotatable bonds is 2. The molecule has 0 aliphatic rings. The average molecular weight is 251 g/mol. The largest absolute Gasteiger partial charge is 0.508 e. The summed E-state index contributed by atoms with van der Waals surface area (Å²) in [7, 11) is 0. The van der Waals surface area contributed by atoms with E-state index < -0.39 is 0 Å². The summed E-state index contributed by atoms with van der Waals surface area (Å²) in [5.74, 6) is 0.956. The molecule has 94 valence electrons. The van der Waals surface area contributed by atoms with Crippen molar-refractivity contribution < 1.29 is 5.11 Å². The van der Waals surface area contributed by atoms with Gasteiger partial charge in [0, 0.05) is 16.5 Å².